The van der Waals surface area contributed by atoms with Crippen LogP contribution in [-0.4, -0.2) is 38.8 Å². The van der Waals surface area contributed by atoms with E-state index in [9.17, 15) is 0 Å². The maximum Gasteiger partial charge on any atom is 0.155 e. The van der Waals surface area contributed by atoms with E-state index in [0.29, 0.717) is 0 Å². The van der Waals surface area contributed by atoms with E-state index in [2.05, 4.69) is 33.8 Å². The summed E-state index contributed by atoms with van der Waals surface area (Å²) in [6.45, 7) is 3.27. The summed E-state index contributed by atoms with van der Waals surface area (Å²) in [6.07, 6.45) is 6.06. The Labute approximate surface area is 125 Å². The van der Waals surface area contributed by atoms with Gasteiger partial charge >= 0.3 is 0 Å². The van der Waals surface area contributed by atoms with Crippen molar-refractivity contribution in [2.45, 2.75) is 44.7 Å². The smallest absolute Gasteiger partial charge is 0.155 e. The molecule has 1 aliphatic carbocycles. The lowest BCUT2D eigenvalue weighted by molar-refractivity contribution is 0.129. The highest BCUT2D eigenvalue weighted by molar-refractivity contribution is 5.18. The van der Waals surface area contributed by atoms with Crippen LogP contribution < -0.4 is 0 Å². The third-order valence-electron chi connectivity index (χ3n) is 4.81. The minimum atomic E-state index is 0.832. The summed E-state index contributed by atoms with van der Waals surface area (Å²) in [6, 6.07) is 11.3. The average molecular weight is 282 g/mol. The lowest BCUT2D eigenvalue weighted by Crippen LogP contribution is -2.41. The van der Waals surface area contributed by atoms with Gasteiger partial charge in [-0.25, -0.2) is 9.67 Å². The third-order valence-corrected chi connectivity index (χ3v) is 4.81. The van der Waals surface area contributed by atoms with Crippen LogP contribution in [0.25, 0.3) is 0 Å². The van der Waals surface area contributed by atoms with E-state index in [-0.39, 0.29) is 0 Å². The van der Waals surface area contributed by atoms with Crippen molar-refractivity contribution in [2.75, 3.05) is 13.1 Å². The second-order valence-corrected chi connectivity index (χ2v) is 6.20. The second kappa shape index (κ2) is 5.60. The lowest BCUT2D eigenvalue weighted by Gasteiger charge is -2.36. The molecule has 1 aromatic heterocycles. The molecule has 110 valence electrons. The van der Waals surface area contributed by atoms with Gasteiger partial charge in [0.05, 0.1) is 6.54 Å². The number of benzene rings is 1. The van der Waals surface area contributed by atoms with E-state index in [0.717, 1.165) is 44.3 Å². The van der Waals surface area contributed by atoms with Crippen LogP contribution in [0.4, 0.5) is 0 Å². The number of rotatable bonds is 3. The molecule has 0 N–H and O–H groups in total. The van der Waals surface area contributed by atoms with Crippen LogP contribution in [0, 0.1) is 0 Å². The van der Waals surface area contributed by atoms with E-state index >= 15 is 0 Å². The summed E-state index contributed by atoms with van der Waals surface area (Å²) < 4.78 is 2.14. The summed E-state index contributed by atoms with van der Waals surface area (Å²) >= 11 is 0. The Hall–Kier alpha value is -1.68. The first-order valence-corrected chi connectivity index (χ1v) is 8.09. The highest BCUT2D eigenvalue weighted by atomic mass is 15.4. The van der Waals surface area contributed by atoms with Crippen LogP contribution in [0.2, 0.25) is 0 Å². The molecule has 0 unspecified atom stereocenters. The molecule has 2 aromatic rings. The van der Waals surface area contributed by atoms with Crippen LogP contribution in [0.1, 0.15) is 36.5 Å². The SMILES string of the molecule is c1ccc(Cc2nc3n(n2)CCN(C2CCC2)CC3)cc1. The van der Waals surface area contributed by atoms with E-state index in [1.807, 2.05) is 6.07 Å². The summed E-state index contributed by atoms with van der Waals surface area (Å²) in [5, 5.41) is 4.72. The molecular formula is C17H22N4. The molecule has 4 rings (SSSR count). The molecule has 21 heavy (non-hydrogen) atoms. The summed E-state index contributed by atoms with van der Waals surface area (Å²) in [7, 11) is 0. The minimum Gasteiger partial charge on any atom is -0.298 e. The van der Waals surface area contributed by atoms with Crippen molar-refractivity contribution in [1.82, 2.24) is 19.7 Å². The van der Waals surface area contributed by atoms with Crippen molar-refractivity contribution >= 4 is 0 Å². The van der Waals surface area contributed by atoms with E-state index in [4.69, 9.17) is 10.1 Å². The van der Waals surface area contributed by atoms with Crippen LogP contribution >= 0.6 is 0 Å². The average Bonchev–Trinajstić information content (AvgIpc) is 2.73. The number of nitrogens with zero attached hydrogens (tertiary/aromatic N) is 4. The number of aromatic nitrogens is 3. The first kappa shape index (κ1) is 13.0. The van der Waals surface area contributed by atoms with Crippen LogP contribution in [-0.2, 0) is 19.4 Å². The van der Waals surface area contributed by atoms with Gasteiger partial charge in [0.15, 0.2) is 5.82 Å². The maximum atomic E-state index is 4.77. The van der Waals surface area contributed by atoms with Crippen molar-refractivity contribution < 1.29 is 0 Å². The lowest BCUT2D eigenvalue weighted by atomic mass is 9.91. The molecule has 0 spiro atoms. The molecule has 0 radical (unpaired) electrons. The van der Waals surface area contributed by atoms with Gasteiger partial charge in [-0.05, 0) is 18.4 Å². The van der Waals surface area contributed by atoms with Crippen LogP contribution in [0.15, 0.2) is 30.3 Å². The zero-order valence-corrected chi connectivity index (χ0v) is 12.4. The van der Waals surface area contributed by atoms with Gasteiger partial charge in [-0.1, -0.05) is 36.8 Å². The number of hydrogen-bond acceptors (Lipinski definition) is 3. The molecule has 4 nitrogen and oxygen atoms in total. The van der Waals surface area contributed by atoms with E-state index in [1.165, 1.54) is 30.7 Å². The first-order valence-electron chi connectivity index (χ1n) is 8.09. The zero-order chi connectivity index (χ0) is 14.1. The molecule has 1 saturated carbocycles. The van der Waals surface area contributed by atoms with Crippen molar-refractivity contribution in [3.63, 3.8) is 0 Å². The quantitative estimate of drug-likeness (QED) is 0.866. The minimum absolute atomic E-state index is 0.832. The highest BCUT2D eigenvalue weighted by Gasteiger charge is 2.27. The highest BCUT2D eigenvalue weighted by Crippen LogP contribution is 2.25. The maximum absolute atomic E-state index is 4.77. The Morgan fingerprint density at radius 2 is 1.90 bits per heavy atom. The van der Waals surface area contributed by atoms with Gasteiger partial charge in [0.1, 0.15) is 5.82 Å². The Morgan fingerprint density at radius 3 is 2.67 bits per heavy atom. The van der Waals surface area contributed by atoms with Gasteiger partial charge in [0, 0.05) is 32.0 Å². The Morgan fingerprint density at radius 1 is 1.05 bits per heavy atom. The third kappa shape index (κ3) is 2.72. The molecule has 1 aliphatic heterocycles. The van der Waals surface area contributed by atoms with Gasteiger partial charge in [-0.2, -0.15) is 5.10 Å². The predicted molar refractivity (Wildman–Crippen MR) is 82.2 cm³/mol. The Kier molecular flexibility index (Phi) is 3.47. The summed E-state index contributed by atoms with van der Waals surface area (Å²) in [5.74, 6) is 2.14. The van der Waals surface area contributed by atoms with E-state index < -0.39 is 0 Å². The van der Waals surface area contributed by atoms with Crippen molar-refractivity contribution in [3.05, 3.63) is 47.5 Å². The largest absolute Gasteiger partial charge is 0.298 e. The molecule has 2 aliphatic rings. The molecular weight excluding hydrogens is 260 g/mol. The normalized spacial score (nSPS) is 19.8. The second-order valence-electron chi connectivity index (χ2n) is 6.20. The zero-order valence-electron chi connectivity index (χ0n) is 12.4. The Balaban J connectivity index is 1.45. The summed E-state index contributed by atoms with van der Waals surface area (Å²) in [4.78, 5) is 7.40. The fraction of sp³-hybridized carbons (Fsp3) is 0.529. The predicted octanol–water partition coefficient (Wildman–Crippen LogP) is 2.28. The van der Waals surface area contributed by atoms with E-state index in [1.54, 1.807) is 0 Å². The van der Waals surface area contributed by atoms with Crippen molar-refractivity contribution in [1.29, 1.82) is 0 Å². The Bertz CT molecular complexity index is 575. The van der Waals surface area contributed by atoms with Gasteiger partial charge in [-0.15, -0.1) is 0 Å². The first-order chi connectivity index (χ1) is 10.4. The van der Waals surface area contributed by atoms with Gasteiger partial charge < -0.3 is 0 Å². The molecule has 0 saturated heterocycles. The monoisotopic (exact) mass is 282 g/mol. The van der Waals surface area contributed by atoms with Gasteiger partial charge in [0.25, 0.3) is 0 Å². The van der Waals surface area contributed by atoms with Crippen LogP contribution in [0.5, 0.6) is 0 Å². The fourth-order valence-electron chi connectivity index (χ4n) is 3.34. The molecule has 0 amide bonds. The summed E-state index contributed by atoms with van der Waals surface area (Å²) in [5.41, 5.74) is 1.29. The van der Waals surface area contributed by atoms with Gasteiger partial charge in [-0.3, -0.25) is 4.90 Å². The fourth-order valence-corrected chi connectivity index (χ4v) is 3.34. The molecule has 1 fully saturated rings. The number of fused-ring (bicyclic) bond motifs is 1. The molecule has 1 aromatic carbocycles. The standard InChI is InChI=1S/C17H22N4/c1-2-5-14(6-3-1)13-16-18-17-9-10-20(15-7-4-8-15)11-12-21(17)19-16/h1-3,5-6,15H,4,7-13H2. The van der Waals surface area contributed by atoms with Crippen molar-refractivity contribution in [3.8, 4) is 0 Å². The topological polar surface area (TPSA) is 34.0 Å². The molecule has 2 heterocycles. The number of hydrogen-bond donors (Lipinski definition) is 0. The molecule has 0 bridgehead atoms. The van der Waals surface area contributed by atoms with Gasteiger partial charge in [0.2, 0.25) is 0 Å². The molecule has 0 atom stereocenters. The van der Waals surface area contributed by atoms with Crippen molar-refractivity contribution in [2.24, 2.45) is 0 Å². The molecule has 4 heteroatoms. The van der Waals surface area contributed by atoms with Crippen LogP contribution in [0.3, 0.4) is 0 Å².